The lowest BCUT2D eigenvalue weighted by atomic mass is 9.84. The molecule has 0 aromatic carbocycles. The summed E-state index contributed by atoms with van der Waals surface area (Å²) < 4.78 is 0. The van der Waals surface area contributed by atoms with E-state index >= 15 is 0 Å². The average molecular weight is 241 g/mol. The van der Waals surface area contributed by atoms with Crippen LogP contribution in [0.2, 0.25) is 0 Å². The number of amides is 1. The van der Waals surface area contributed by atoms with Gasteiger partial charge < -0.3 is 10.6 Å². The van der Waals surface area contributed by atoms with E-state index < -0.39 is 0 Å². The molecule has 0 bridgehead atoms. The van der Waals surface area contributed by atoms with Gasteiger partial charge in [-0.05, 0) is 25.3 Å². The third-order valence-electron chi connectivity index (χ3n) is 3.82. The van der Waals surface area contributed by atoms with Crippen molar-refractivity contribution in [2.24, 2.45) is 11.7 Å². The maximum absolute atomic E-state index is 11.7. The maximum atomic E-state index is 11.7. The third kappa shape index (κ3) is 4.28. The Balaban J connectivity index is 2.46. The van der Waals surface area contributed by atoms with Gasteiger partial charge in [0.1, 0.15) is 0 Å². The highest BCUT2D eigenvalue weighted by Crippen LogP contribution is 2.27. The van der Waals surface area contributed by atoms with E-state index in [2.05, 4.69) is 11.8 Å². The van der Waals surface area contributed by atoms with Crippen LogP contribution in [0.5, 0.6) is 0 Å². The van der Waals surface area contributed by atoms with Crippen LogP contribution in [0.25, 0.3) is 0 Å². The highest BCUT2D eigenvalue weighted by Gasteiger charge is 2.25. The van der Waals surface area contributed by atoms with E-state index in [-0.39, 0.29) is 11.9 Å². The molecule has 1 fully saturated rings. The fourth-order valence-electron chi connectivity index (χ4n) is 2.29. The summed E-state index contributed by atoms with van der Waals surface area (Å²) in [6.45, 7) is 4.82. The number of likely N-dealkylation sites (N-methyl/N-ethyl adjacent to an activating group) is 1. The van der Waals surface area contributed by atoms with Gasteiger partial charge in [0.2, 0.25) is 5.91 Å². The molecule has 1 aliphatic rings. The van der Waals surface area contributed by atoms with E-state index in [4.69, 9.17) is 5.73 Å². The van der Waals surface area contributed by atoms with E-state index in [9.17, 15) is 4.79 Å². The van der Waals surface area contributed by atoms with Crippen molar-refractivity contribution in [2.45, 2.75) is 38.6 Å². The highest BCUT2D eigenvalue weighted by molar-refractivity contribution is 5.76. The number of rotatable bonds is 7. The smallest absolute Gasteiger partial charge is 0.223 e. The Labute approximate surface area is 105 Å². The molecular formula is C13H27N3O. The van der Waals surface area contributed by atoms with Crippen molar-refractivity contribution < 1.29 is 4.79 Å². The molecule has 0 heterocycles. The highest BCUT2D eigenvalue weighted by atomic mass is 16.2. The van der Waals surface area contributed by atoms with Gasteiger partial charge in [0.25, 0.3) is 0 Å². The average Bonchev–Trinajstić information content (AvgIpc) is 2.25. The summed E-state index contributed by atoms with van der Waals surface area (Å²) in [5, 5.41) is 0. The molecule has 100 valence electrons. The Kier molecular flexibility index (Phi) is 5.92. The summed E-state index contributed by atoms with van der Waals surface area (Å²) in [6.07, 6.45) is 4.60. The van der Waals surface area contributed by atoms with Crippen LogP contribution in [-0.2, 0) is 4.79 Å². The van der Waals surface area contributed by atoms with E-state index in [1.165, 1.54) is 19.3 Å². The van der Waals surface area contributed by atoms with Crippen molar-refractivity contribution in [3.05, 3.63) is 0 Å². The Morgan fingerprint density at radius 1 is 1.41 bits per heavy atom. The molecule has 17 heavy (non-hydrogen) atoms. The van der Waals surface area contributed by atoms with E-state index in [1.807, 2.05) is 0 Å². The minimum Gasteiger partial charge on any atom is -0.349 e. The second kappa shape index (κ2) is 6.97. The molecule has 0 radical (unpaired) electrons. The van der Waals surface area contributed by atoms with Gasteiger partial charge in [0.05, 0.1) is 0 Å². The second-order valence-corrected chi connectivity index (χ2v) is 5.27. The molecule has 2 N–H and O–H groups in total. The second-order valence-electron chi connectivity index (χ2n) is 5.27. The first-order valence-electron chi connectivity index (χ1n) is 6.72. The number of carbonyl (C=O) groups excluding carboxylic acids is 1. The summed E-state index contributed by atoms with van der Waals surface area (Å²) in [4.78, 5) is 15.8. The van der Waals surface area contributed by atoms with Crippen molar-refractivity contribution in [3.63, 3.8) is 0 Å². The lowest BCUT2D eigenvalue weighted by Gasteiger charge is -2.36. The normalized spacial score (nSPS) is 17.9. The van der Waals surface area contributed by atoms with Gasteiger partial charge in [-0.3, -0.25) is 9.69 Å². The molecule has 1 aliphatic carbocycles. The van der Waals surface area contributed by atoms with Crippen molar-refractivity contribution in [1.29, 1.82) is 0 Å². The number of carbonyl (C=O) groups is 1. The van der Waals surface area contributed by atoms with Crippen LogP contribution >= 0.6 is 0 Å². The predicted molar refractivity (Wildman–Crippen MR) is 70.7 cm³/mol. The molecule has 4 heteroatoms. The van der Waals surface area contributed by atoms with Crippen LogP contribution in [-0.4, -0.2) is 55.5 Å². The van der Waals surface area contributed by atoms with Gasteiger partial charge in [-0.2, -0.15) is 0 Å². The zero-order valence-corrected chi connectivity index (χ0v) is 11.5. The number of nitrogens with two attached hydrogens (primary N) is 1. The van der Waals surface area contributed by atoms with Gasteiger partial charge in [-0.15, -0.1) is 0 Å². The summed E-state index contributed by atoms with van der Waals surface area (Å²) in [5.41, 5.74) is 5.82. The largest absolute Gasteiger partial charge is 0.349 e. The quantitative estimate of drug-likeness (QED) is 0.721. The molecule has 1 atom stereocenters. The first-order valence-corrected chi connectivity index (χ1v) is 6.72. The summed E-state index contributed by atoms with van der Waals surface area (Å²) in [5.74, 6) is 1.01. The minimum absolute atomic E-state index is 0.174. The molecule has 0 aromatic rings. The fourth-order valence-corrected chi connectivity index (χ4v) is 2.29. The molecule has 4 nitrogen and oxygen atoms in total. The molecule has 1 unspecified atom stereocenters. The van der Waals surface area contributed by atoms with E-state index in [1.54, 1.807) is 19.0 Å². The molecule has 0 aliphatic heterocycles. The molecule has 1 amide bonds. The van der Waals surface area contributed by atoms with Gasteiger partial charge >= 0.3 is 0 Å². The lowest BCUT2D eigenvalue weighted by Crippen LogP contribution is -2.46. The van der Waals surface area contributed by atoms with Crippen LogP contribution in [0.3, 0.4) is 0 Å². The Hall–Kier alpha value is -0.610. The molecule has 1 rings (SSSR count). The zero-order valence-electron chi connectivity index (χ0n) is 11.5. The summed E-state index contributed by atoms with van der Waals surface area (Å²) >= 11 is 0. The van der Waals surface area contributed by atoms with Crippen LogP contribution in [0, 0.1) is 5.92 Å². The van der Waals surface area contributed by atoms with Crippen molar-refractivity contribution in [1.82, 2.24) is 9.80 Å². The minimum atomic E-state index is 0.174. The Morgan fingerprint density at radius 3 is 2.41 bits per heavy atom. The maximum Gasteiger partial charge on any atom is 0.223 e. The molecule has 1 saturated carbocycles. The number of hydrogen-bond acceptors (Lipinski definition) is 3. The molecule has 0 spiro atoms. The SMILES string of the molecule is CCN(CC1CCC1)C(CN)CC(=O)N(C)C. The first-order chi connectivity index (χ1) is 8.08. The van der Waals surface area contributed by atoms with Crippen LogP contribution in [0.15, 0.2) is 0 Å². The number of hydrogen-bond donors (Lipinski definition) is 1. The van der Waals surface area contributed by atoms with Crippen LogP contribution in [0.4, 0.5) is 0 Å². The van der Waals surface area contributed by atoms with Crippen LogP contribution < -0.4 is 5.73 Å². The predicted octanol–water partition coefficient (Wildman–Crippen LogP) is 0.914. The lowest BCUT2D eigenvalue weighted by molar-refractivity contribution is -0.130. The Bertz CT molecular complexity index is 239. The Morgan fingerprint density at radius 2 is 2.06 bits per heavy atom. The molecule has 0 saturated heterocycles. The fraction of sp³-hybridized carbons (Fsp3) is 0.923. The van der Waals surface area contributed by atoms with Crippen LogP contribution in [0.1, 0.15) is 32.6 Å². The monoisotopic (exact) mass is 241 g/mol. The van der Waals surface area contributed by atoms with Crippen molar-refractivity contribution in [2.75, 3.05) is 33.7 Å². The van der Waals surface area contributed by atoms with Gasteiger partial charge in [-0.1, -0.05) is 13.3 Å². The van der Waals surface area contributed by atoms with E-state index in [0.29, 0.717) is 13.0 Å². The standard InChI is InChI=1S/C13H27N3O/c1-4-16(10-11-6-5-7-11)12(9-14)8-13(17)15(2)3/h11-12H,4-10,14H2,1-3H3. The van der Waals surface area contributed by atoms with E-state index in [0.717, 1.165) is 19.0 Å². The zero-order chi connectivity index (χ0) is 12.8. The van der Waals surface area contributed by atoms with Gasteiger partial charge in [0, 0.05) is 39.6 Å². The van der Waals surface area contributed by atoms with Crippen molar-refractivity contribution in [3.8, 4) is 0 Å². The first kappa shape index (κ1) is 14.5. The number of nitrogens with zero attached hydrogens (tertiary/aromatic N) is 2. The third-order valence-corrected chi connectivity index (χ3v) is 3.82. The van der Waals surface area contributed by atoms with Crippen molar-refractivity contribution >= 4 is 5.91 Å². The molecule has 0 aromatic heterocycles. The summed E-state index contributed by atoms with van der Waals surface area (Å²) in [6, 6.07) is 0.204. The van der Waals surface area contributed by atoms with Gasteiger partial charge in [0.15, 0.2) is 0 Å². The van der Waals surface area contributed by atoms with Gasteiger partial charge in [-0.25, -0.2) is 0 Å². The molecular weight excluding hydrogens is 214 g/mol. The topological polar surface area (TPSA) is 49.6 Å². The summed E-state index contributed by atoms with van der Waals surface area (Å²) in [7, 11) is 3.61.